The van der Waals surface area contributed by atoms with Gasteiger partial charge in [-0.3, -0.25) is 0 Å². The van der Waals surface area contributed by atoms with Crippen LogP contribution in [0.4, 0.5) is 0 Å². The number of rotatable bonds is 4. The molecule has 3 heteroatoms. The fourth-order valence-electron chi connectivity index (χ4n) is 4.28. The maximum atomic E-state index is 10.4. The number of aliphatic hydroxyl groups is 1. The first-order chi connectivity index (χ1) is 9.20. The molecule has 19 heavy (non-hydrogen) atoms. The highest BCUT2D eigenvalue weighted by atomic mass is 16.5. The smallest absolute Gasteiger partial charge is 0.0771 e. The van der Waals surface area contributed by atoms with E-state index in [-0.39, 0.29) is 5.60 Å². The van der Waals surface area contributed by atoms with Crippen LogP contribution in [0.15, 0.2) is 0 Å². The van der Waals surface area contributed by atoms with Crippen molar-refractivity contribution in [2.45, 2.75) is 87.9 Å². The zero-order valence-electron chi connectivity index (χ0n) is 12.1. The molecule has 0 aromatic rings. The van der Waals surface area contributed by atoms with E-state index in [2.05, 4.69) is 5.32 Å². The summed E-state index contributed by atoms with van der Waals surface area (Å²) in [5.41, 5.74) is -0.198. The minimum absolute atomic E-state index is 0.244. The SMILES string of the molecule is OC1(CNCC2CCC3(CCCC3)O2)CCCCC1. The largest absolute Gasteiger partial charge is 0.389 e. The molecule has 3 aliphatic rings. The standard InChI is InChI=1S/C16H29NO2/c18-15(7-2-1-3-8-15)13-17-12-14-6-11-16(19-14)9-4-5-10-16/h14,17-18H,1-13H2. The van der Waals surface area contributed by atoms with E-state index in [1.807, 2.05) is 0 Å². The molecule has 2 N–H and O–H groups in total. The van der Waals surface area contributed by atoms with Crippen LogP contribution >= 0.6 is 0 Å². The van der Waals surface area contributed by atoms with Crippen molar-refractivity contribution in [3.63, 3.8) is 0 Å². The van der Waals surface area contributed by atoms with Crippen LogP contribution in [-0.2, 0) is 4.74 Å². The molecular weight excluding hydrogens is 238 g/mol. The Morgan fingerprint density at radius 2 is 1.63 bits per heavy atom. The second-order valence-electron chi connectivity index (χ2n) is 7.08. The molecule has 2 saturated carbocycles. The summed E-state index contributed by atoms with van der Waals surface area (Å²) in [5.74, 6) is 0. The summed E-state index contributed by atoms with van der Waals surface area (Å²) in [6.07, 6.45) is 13.7. The van der Waals surface area contributed by atoms with Gasteiger partial charge in [-0.25, -0.2) is 0 Å². The highest BCUT2D eigenvalue weighted by molar-refractivity contribution is 4.93. The molecule has 0 bridgehead atoms. The molecule has 0 aromatic heterocycles. The van der Waals surface area contributed by atoms with Gasteiger partial charge in [0.15, 0.2) is 0 Å². The molecule has 1 saturated heterocycles. The van der Waals surface area contributed by atoms with Crippen LogP contribution in [0, 0.1) is 0 Å². The Kier molecular flexibility index (Phi) is 4.16. The van der Waals surface area contributed by atoms with E-state index in [0.717, 1.165) is 25.9 Å². The van der Waals surface area contributed by atoms with Gasteiger partial charge in [0.25, 0.3) is 0 Å². The van der Waals surface area contributed by atoms with Gasteiger partial charge in [-0.15, -0.1) is 0 Å². The number of nitrogens with one attached hydrogen (secondary N) is 1. The summed E-state index contributed by atoms with van der Waals surface area (Å²) < 4.78 is 6.29. The van der Waals surface area contributed by atoms with Gasteiger partial charge in [0.2, 0.25) is 0 Å². The van der Waals surface area contributed by atoms with Gasteiger partial charge in [-0.1, -0.05) is 32.1 Å². The van der Waals surface area contributed by atoms with Crippen LogP contribution in [0.1, 0.15) is 70.6 Å². The average molecular weight is 267 g/mol. The number of hydrogen-bond donors (Lipinski definition) is 2. The lowest BCUT2D eigenvalue weighted by Crippen LogP contribution is -2.44. The third-order valence-corrected chi connectivity index (χ3v) is 5.46. The van der Waals surface area contributed by atoms with Crippen molar-refractivity contribution in [1.29, 1.82) is 0 Å². The molecule has 2 aliphatic carbocycles. The molecule has 0 radical (unpaired) electrons. The van der Waals surface area contributed by atoms with Crippen molar-refractivity contribution in [1.82, 2.24) is 5.32 Å². The number of hydrogen-bond acceptors (Lipinski definition) is 3. The quantitative estimate of drug-likeness (QED) is 0.823. The van der Waals surface area contributed by atoms with E-state index in [9.17, 15) is 5.11 Å². The summed E-state index contributed by atoms with van der Waals surface area (Å²) in [4.78, 5) is 0. The summed E-state index contributed by atoms with van der Waals surface area (Å²) in [6.45, 7) is 1.67. The van der Waals surface area contributed by atoms with Gasteiger partial charge in [0.1, 0.15) is 0 Å². The molecule has 1 unspecified atom stereocenters. The monoisotopic (exact) mass is 267 g/mol. The lowest BCUT2D eigenvalue weighted by molar-refractivity contribution is -0.0397. The van der Waals surface area contributed by atoms with Crippen molar-refractivity contribution in [3.8, 4) is 0 Å². The molecule has 110 valence electrons. The second kappa shape index (κ2) is 5.71. The molecule has 3 rings (SSSR count). The van der Waals surface area contributed by atoms with Crippen LogP contribution in [0.3, 0.4) is 0 Å². The lowest BCUT2D eigenvalue weighted by Gasteiger charge is -2.32. The lowest BCUT2D eigenvalue weighted by atomic mass is 9.85. The average Bonchev–Trinajstić information content (AvgIpc) is 3.01. The van der Waals surface area contributed by atoms with Crippen molar-refractivity contribution in [2.75, 3.05) is 13.1 Å². The molecule has 3 nitrogen and oxygen atoms in total. The maximum absolute atomic E-state index is 10.4. The van der Waals surface area contributed by atoms with Crippen molar-refractivity contribution >= 4 is 0 Å². The molecular formula is C16H29NO2. The zero-order valence-corrected chi connectivity index (χ0v) is 12.1. The maximum Gasteiger partial charge on any atom is 0.0771 e. The highest BCUT2D eigenvalue weighted by Crippen LogP contribution is 2.43. The Morgan fingerprint density at radius 3 is 2.37 bits per heavy atom. The summed E-state index contributed by atoms with van der Waals surface area (Å²) in [5, 5.41) is 13.9. The zero-order chi connectivity index (χ0) is 13.2. The predicted octanol–water partition coefficient (Wildman–Crippen LogP) is 2.76. The Labute approximate surface area is 117 Å². The molecule has 0 aromatic carbocycles. The van der Waals surface area contributed by atoms with Crippen LogP contribution in [-0.4, -0.2) is 35.5 Å². The van der Waals surface area contributed by atoms with Gasteiger partial charge >= 0.3 is 0 Å². The Hall–Kier alpha value is -0.120. The minimum atomic E-state index is -0.443. The summed E-state index contributed by atoms with van der Waals surface area (Å²) in [7, 11) is 0. The van der Waals surface area contributed by atoms with Gasteiger partial charge in [0, 0.05) is 13.1 Å². The molecule has 3 fully saturated rings. The number of ether oxygens (including phenoxy) is 1. The first-order valence-corrected chi connectivity index (χ1v) is 8.31. The Bertz CT molecular complexity index is 293. The molecule has 1 atom stereocenters. The second-order valence-corrected chi connectivity index (χ2v) is 7.08. The molecule has 1 spiro atoms. The van der Waals surface area contributed by atoms with Gasteiger partial charge < -0.3 is 15.2 Å². The van der Waals surface area contributed by atoms with Gasteiger partial charge in [-0.2, -0.15) is 0 Å². The molecule has 1 heterocycles. The van der Waals surface area contributed by atoms with Crippen LogP contribution in [0.2, 0.25) is 0 Å². The third kappa shape index (κ3) is 3.32. The molecule has 1 aliphatic heterocycles. The normalized spacial score (nSPS) is 33.0. The highest BCUT2D eigenvalue weighted by Gasteiger charge is 2.42. The Morgan fingerprint density at radius 1 is 0.947 bits per heavy atom. The van der Waals surface area contributed by atoms with Gasteiger partial charge in [0.05, 0.1) is 17.3 Å². The summed E-state index contributed by atoms with van der Waals surface area (Å²) in [6, 6.07) is 0. The van der Waals surface area contributed by atoms with Crippen LogP contribution in [0.5, 0.6) is 0 Å². The first-order valence-electron chi connectivity index (χ1n) is 8.31. The fourth-order valence-corrected chi connectivity index (χ4v) is 4.28. The third-order valence-electron chi connectivity index (χ3n) is 5.46. The van der Waals surface area contributed by atoms with E-state index >= 15 is 0 Å². The fraction of sp³-hybridized carbons (Fsp3) is 1.00. The predicted molar refractivity (Wildman–Crippen MR) is 76.2 cm³/mol. The van der Waals surface area contributed by atoms with Crippen LogP contribution in [0.25, 0.3) is 0 Å². The van der Waals surface area contributed by atoms with E-state index < -0.39 is 5.60 Å². The molecule has 0 amide bonds. The van der Waals surface area contributed by atoms with E-state index in [1.165, 1.54) is 57.8 Å². The van der Waals surface area contributed by atoms with E-state index in [1.54, 1.807) is 0 Å². The van der Waals surface area contributed by atoms with Crippen molar-refractivity contribution in [3.05, 3.63) is 0 Å². The van der Waals surface area contributed by atoms with E-state index in [0.29, 0.717) is 6.10 Å². The van der Waals surface area contributed by atoms with Crippen molar-refractivity contribution in [2.24, 2.45) is 0 Å². The Balaban J connectivity index is 1.38. The minimum Gasteiger partial charge on any atom is -0.389 e. The first kappa shape index (κ1) is 13.8. The van der Waals surface area contributed by atoms with Gasteiger partial charge in [-0.05, 0) is 38.5 Å². The van der Waals surface area contributed by atoms with Crippen LogP contribution < -0.4 is 5.32 Å². The van der Waals surface area contributed by atoms with Crippen molar-refractivity contribution < 1.29 is 9.84 Å². The van der Waals surface area contributed by atoms with E-state index in [4.69, 9.17) is 4.74 Å². The topological polar surface area (TPSA) is 41.5 Å². The summed E-state index contributed by atoms with van der Waals surface area (Å²) >= 11 is 0.